The number of nitrogens with zero attached hydrogens (tertiary/aromatic N) is 6. The van der Waals surface area contributed by atoms with Crippen LogP contribution < -0.4 is 10.2 Å². The molecule has 1 saturated heterocycles. The van der Waals surface area contributed by atoms with Crippen molar-refractivity contribution < 1.29 is 4.79 Å². The van der Waals surface area contributed by atoms with Gasteiger partial charge in [0.15, 0.2) is 11.6 Å². The Bertz CT molecular complexity index is 959. The Morgan fingerprint density at radius 2 is 2.04 bits per heavy atom. The van der Waals surface area contributed by atoms with E-state index in [2.05, 4.69) is 30.5 Å². The molecule has 0 aliphatic carbocycles. The Morgan fingerprint density at radius 3 is 2.75 bits per heavy atom. The van der Waals surface area contributed by atoms with Gasteiger partial charge in [0, 0.05) is 13.1 Å². The summed E-state index contributed by atoms with van der Waals surface area (Å²) in [6.45, 7) is 3.39. The van der Waals surface area contributed by atoms with Crippen LogP contribution in [-0.4, -0.2) is 44.0 Å². The Labute approximate surface area is 167 Å². The van der Waals surface area contributed by atoms with Crippen LogP contribution in [0.1, 0.15) is 18.4 Å². The first kappa shape index (κ1) is 18.4. The summed E-state index contributed by atoms with van der Waals surface area (Å²) in [5.74, 6) is 1.18. The van der Waals surface area contributed by atoms with Crippen molar-refractivity contribution in [2.24, 2.45) is 5.92 Å². The van der Waals surface area contributed by atoms with Crippen molar-refractivity contribution in [3.8, 4) is 5.82 Å². The van der Waals surface area contributed by atoms with E-state index in [-0.39, 0.29) is 11.8 Å². The Hall–Kier alpha value is -3.00. The third-order valence-corrected chi connectivity index (χ3v) is 5.10. The summed E-state index contributed by atoms with van der Waals surface area (Å²) in [7, 11) is 0. The monoisotopic (exact) mass is 397 g/mol. The maximum atomic E-state index is 12.7. The molecule has 3 aromatic rings. The minimum Gasteiger partial charge on any atom is -0.354 e. The fourth-order valence-corrected chi connectivity index (χ4v) is 3.57. The van der Waals surface area contributed by atoms with Gasteiger partial charge in [-0.1, -0.05) is 17.7 Å². The number of halogens is 1. The van der Waals surface area contributed by atoms with Crippen molar-refractivity contribution in [2.45, 2.75) is 19.8 Å². The molecule has 1 N–H and O–H groups in total. The highest BCUT2D eigenvalue weighted by Gasteiger charge is 2.27. The molecule has 1 fully saturated rings. The number of benzene rings is 1. The molecule has 0 spiro atoms. The van der Waals surface area contributed by atoms with Crippen LogP contribution in [0.15, 0.2) is 43.0 Å². The zero-order chi connectivity index (χ0) is 19.5. The van der Waals surface area contributed by atoms with E-state index < -0.39 is 0 Å². The number of carbonyl (C=O) groups excluding carboxylic acids is 1. The number of nitrogens with one attached hydrogen (secondary N) is 1. The molecule has 9 heteroatoms. The number of aryl methyl sites for hydroxylation is 1. The third kappa shape index (κ3) is 3.96. The quantitative estimate of drug-likeness (QED) is 0.728. The zero-order valence-corrected chi connectivity index (χ0v) is 16.2. The lowest BCUT2D eigenvalue weighted by atomic mass is 9.97. The number of carbonyl (C=O) groups is 1. The van der Waals surface area contributed by atoms with Gasteiger partial charge in [-0.05, 0) is 49.6 Å². The molecule has 1 atom stereocenters. The van der Waals surface area contributed by atoms with E-state index in [0.717, 1.165) is 30.8 Å². The van der Waals surface area contributed by atoms with Gasteiger partial charge in [0.1, 0.15) is 12.7 Å². The average molecular weight is 398 g/mol. The zero-order valence-electron chi connectivity index (χ0n) is 15.4. The van der Waals surface area contributed by atoms with E-state index in [1.165, 1.54) is 6.33 Å². The van der Waals surface area contributed by atoms with Gasteiger partial charge in [-0.3, -0.25) is 4.79 Å². The predicted molar refractivity (Wildman–Crippen MR) is 107 cm³/mol. The highest BCUT2D eigenvalue weighted by Crippen LogP contribution is 2.26. The fraction of sp³-hybridized carbons (Fsp3) is 0.316. The second-order valence-corrected chi connectivity index (χ2v) is 7.25. The number of anilines is 2. The molecule has 2 aromatic heterocycles. The van der Waals surface area contributed by atoms with Gasteiger partial charge in [0.2, 0.25) is 5.91 Å². The average Bonchev–Trinajstić information content (AvgIpc) is 3.25. The number of piperidine rings is 1. The minimum atomic E-state index is -0.136. The Morgan fingerprint density at radius 1 is 1.21 bits per heavy atom. The SMILES string of the molecule is Cc1ccc(NC(=O)[C@@H]2CCCN(c3ccc(-n4cncn4)nn3)C2)c(Cl)c1. The summed E-state index contributed by atoms with van der Waals surface area (Å²) in [6, 6.07) is 9.34. The van der Waals surface area contributed by atoms with Crippen LogP contribution in [-0.2, 0) is 4.79 Å². The molecule has 1 aliphatic heterocycles. The number of aromatic nitrogens is 5. The largest absolute Gasteiger partial charge is 0.354 e. The first-order valence-corrected chi connectivity index (χ1v) is 9.48. The molecule has 1 amide bonds. The van der Waals surface area contributed by atoms with Crippen molar-refractivity contribution in [1.82, 2.24) is 25.0 Å². The topological polar surface area (TPSA) is 88.8 Å². The molecule has 0 radical (unpaired) electrons. The second-order valence-electron chi connectivity index (χ2n) is 6.85. The van der Waals surface area contributed by atoms with Gasteiger partial charge < -0.3 is 10.2 Å². The molecule has 8 nitrogen and oxygen atoms in total. The van der Waals surface area contributed by atoms with Gasteiger partial charge >= 0.3 is 0 Å². The molecule has 0 saturated carbocycles. The minimum absolute atomic E-state index is 0.0253. The predicted octanol–water partition coefficient (Wildman–Crippen LogP) is 2.87. The van der Waals surface area contributed by atoms with E-state index in [9.17, 15) is 4.79 Å². The summed E-state index contributed by atoms with van der Waals surface area (Å²) in [6.07, 6.45) is 4.76. The molecule has 28 heavy (non-hydrogen) atoms. The number of hydrogen-bond acceptors (Lipinski definition) is 6. The number of hydrogen-bond donors (Lipinski definition) is 1. The summed E-state index contributed by atoms with van der Waals surface area (Å²) >= 11 is 6.24. The fourth-order valence-electron chi connectivity index (χ4n) is 3.29. The Kier molecular flexibility index (Phi) is 5.21. The van der Waals surface area contributed by atoms with Crippen molar-refractivity contribution in [3.05, 3.63) is 53.6 Å². The molecule has 1 aromatic carbocycles. The Balaban J connectivity index is 1.43. The van der Waals surface area contributed by atoms with Crippen LogP contribution in [0, 0.1) is 12.8 Å². The van der Waals surface area contributed by atoms with Crippen molar-refractivity contribution in [2.75, 3.05) is 23.3 Å². The number of amides is 1. The van der Waals surface area contributed by atoms with Crippen molar-refractivity contribution in [3.63, 3.8) is 0 Å². The van der Waals surface area contributed by atoms with Crippen molar-refractivity contribution >= 4 is 29.0 Å². The van der Waals surface area contributed by atoms with Crippen molar-refractivity contribution in [1.29, 1.82) is 0 Å². The lowest BCUT2D eigenvalue weighted by Gasteiger charge is -2.32. The standard InChI is InChI=1S/C19H20ClN7O/c1-13-4-5-16(15(20)9-13)23-19(28)14-3-2-8-26(10-14)17-6-7-18(25-24-17)27-12-21-11-22-27/h4-7,9,11-12,14H,2-3,8,10H2,1H3,(H,23,28)/t14-/m1/s1. The maximum absolute atomic E-state index is 12.7. The molecule has 144 valence electrons. The highest BCUT2D eigenvalue weighted by molar-refractivity contribution is 6.33. The highest BCUT2D eigenvalue weighted by atomic mass is 35.5. The van der Waals surface area contributed by atoms with E-state index >= 15 is 0 Å². The van der Waals surface area contributed by atoms with E-state index in [1.54, 1.807) is 11.0 Å². The smallest absolute Gasteiger partial charge is 0.229 e. The van der Waals surface area contributed by atoms with Crippen LogP contribution in [0.4, 0.5) is 11.5 Å². The van der Waals surface area contributed by atoms with Crippen LogP contribution in [0.2, 0.25) is 5.02 Å². The molecule has 1 aliphatic rings. The molecule has 3 heterocycles. The lowest BCUT2D eigenvalue weighted by Crippen LogP contribution is -2.41. The summed E-state index contributed by atoms with van der Waals surface area (Å²) in [5.41, 5.74) is 1.70. The van der Waals surface area contributed by atoms with E-state index in [1.807, 2.05) is 37.3 Å². The first-order chi connectivity index (χ1) is 13.6. The van der Waals surface area contributed by atoms with Gasteiger partial charge in [-0.2, -0.15) is 5.10 Å². The summed E-state index contributed by atoms with van der Waals surface area (Å²) in [5, 5.41) is 16.0. The number of rotatable bonds is 4. The molecule has 4 rings (SSSR count). The molecular formula is C19H20ClN7O. The second kappa shape index (κ2) is 7.93. The normalized spacial score (nSPS) is 16.8. The third-order valence-electron chi connectivity index (χ3n) is 4.79. The molecule has 0 bridgehead atoms. The maximum Gasteiger partial charge on any atom is 0.229 e. The summed E-state index contributed by atoms with van der Waals surface area (Å²) < 4.78 is 1.55. The van der Waals surface area contributed by atoms with E-state index in [4.69, 9.17) is 11.6 Å². The summed E-state index contributed by atoms with van der Waals surface area (Å²) in [4.78, 5) is 18.7. The molecular weight excluding hydrogens is 378 g/mol. The van der Waals surface area contributed by atoms with Crippen LogP contribution in [0.25, 0.3) is 5.82 Å². The van der Waals surface area contributed by atoms with Crippen LogP contribution in [0.3, 0.4) is 0 Å². The molecule has 0 unspecified atom stereocenters. The van der Waals surface area contributed by atoms with Gasteiger partial charge in [-0.15, -0.1) is 10.2 Å². The van der Waals surface area contributed by atoms with Gasteiger partial charge in [-0.25, -0.2) is 9.67 Å². The lowest BCUT2D eigenvalue weighted by molar-refractivity contribution is -0.120. The first-order valence-electron chi connectivity index (χ1n) is 9.11. The van der Waals surface area contributed by atoms with Gasteiger partial charge in [0.05, 0.1) is 16.6 Å². The van der Waals surface area contributed by atoms with Crippen LogP contribution >= 0.6 is 11.6 Å². The van der Waals surface area contributed by atoms with Gasteiger partial charge in [0.25, 0.3) is 0 Å². The van der Waals surface area contributed by atoms with Crippen LogP contribution in [0.5, 0.6) is 0 Å². The van der Waals surface area contributed by atoms with E-state index in [0.29, 0.717) is 23.1 Å².